The number of hydrogen-bond donors (Lipinski definition) is 2. The largest absolute Gasteiger partial charge is 0.383 e. The second-order valence-electron chi connectivity index (χ2n) is 7.33. The predicted octanol–water partition coefficient (Wildman–Crippen LogP) is 1.54. The van der Waals surface area contributed by atoms with Gasteiger partial charge in [0, 0.05) is 26.2 Å². The molecule has 0 aliphatic heterocycles. The third-order valence-corrected chi connectivity index (χ3v) is 5.38. The van der Waals surface area contributed by atoms with Crippen LogP contribution < -0.4 is 21.9 Å². The summed E-state index contributed by atoms with van der Waals surface area (Å²) in [6, 6.07) is 0.277. The average molecular weight is 380 g/mol. The molecule has 1 amide bonds. The second kappa shape index (κ2) is 9.62. The molecule has 8 heteroatoms. The number of likely N-dealkylation sites (N-methyl/N-ethyl adjacent to an activating group) is 2. The summed E-state index contributed by atoms with van der Waals surface area (Å²) in [5.74, 6) is 0.102. The molecule has 3 N–H and O–H groups in total. The number of nitrogens with two attached hydrogens (primary N) is 1. The molecule has 1 heterocycles. The van der Waals surface area contributed by atoms with Gasteiger partial charge in [-0.05, 0) is 26.2 Å². The van der Waals surface area contributed by atoms with Crippen LogP contribution >= 0.6 is 0 Å². The molecule has 0 unspecified atom stereocenters. The molecule has 152 valence electrons. The van der Waals surface area contributed by atoms with Gasteiger partial charge in [-0.15, -0.1) is 0 Å². The summed E-state index contributed by atoms with van der Waals surface area (Å²) in [6.07, 6.45) is 7.29. The number of aromatic nitrogens is 2. The SMILES string of the molecule is CCCCn1c(N)c(N(C)CC(=O)N(CC)C2CCCCC2)c(=O)[nH]c1=O. The average Bonchev–Trinajstić information content (AvgIpc) is 2.62. The number of unbranched alkanes of at least 4 members (excludes halogenated alkanes) is 1. The third-order valence-electron chi connectivity index (χ3n) is 5.38. The molecule has 27 heavy (non-hydrogen) atoms. The van der Waals surface area contributed by atoms with E-state index >= 15 is 0 Å². The molecule has 0 spiro atoms. The number of rotatable bonds is 8. The normalized spacial score (nSPS) is 14.9. The topological polar surface area (TPSA) is 104 Å². The zero-order chi connectivity index (χ0) is 20.0. The number of nitrogen functional groups attached to an aromatic ring is 1. The van der Waals surface area contributed by atoms with E-state index in [1.54, 1.807) is 11.9 Å². The predicted molar refractivity (Wildman–Crippen MR) is 108 cm³/mol. The smallest absolute Gasteiger partial charge is 0.330 e. The number of nitrogens with zero attached hydrogens (tertiary/aromatic N) is 3. The fourth-order valence-electron chi connectivity index (χ4n) is 3.89. The Morgan fingerprint density at radius 3 is 2.48 bits per heavy atom. The van der Waals surface area contributed by atoms with Crippen LogP contribution in [-0.4, -0.2) is 46.5 Å². The van der Waals surface area contributed by atoms with Gasteiger partial charge in [-0.2, -0.15) is 0 Å². The summed E-state index contributed by atoms with van der Waals surface area (Å²) >= 11 is 0. The quantitative estimate of drug-likeness (QED) is 0.713. The van der Waals surface area contributed by atoms with Crippen molar-refractivity contribution in [1.82, 2.24) is 14.5 Å². The van der Waals surface area contributed by atoms with Crippen LogP contribution in [0, 0.1) is 0 Å². The van der Waals surface area contributed by atoms with Crippen molar-refractivity contribution in [1.29, 1.82) is 0 Å². The number of anilines is 2. The number of carbonyl (C=O) groups is 1. The van der Waals surface area contributed by atoms with Crippen LogP contribution in [0.5, 0.6) is 0 Å². The van der Waals surface area contributed by atoms with Gasteiger partial charge < -0.3 is 15.5 Å². The molecule has 0 saturated heterocycles. The third kappa shape index (κ3) is 4.93. The van der Waals surface area contributed by atoms with Crippen LogP contribution in [0.2, 0.25) is 0 Å². The molecule has 0 aromatic carbocycles. The first kappa shape index (κ1) is 21.1. The van der Waals surface area contributed by atoms with Gasteiger partial charge in [0.1, 0.15) is 11.5 Å². The van der Waals surface area contributed by atoms with E-state index in [2.05, 4.69) is 4.98 Å². The molecular weight excluding hydrogens is 346 g/mol. The molecule has 0 atom stereocenters. The molecule has 0 radical (unpaired) electrons. The summed E-state index contributed by atoms with van der Waals surface area (Å²) < 4.78 is 1.37. The number of carbonyl (C=O) groups excluding carboxylic acids is 1. The highest BCUT2D eigenvalue weighted by Crippen LogP contribution is 2.23. The molecule has 0 bridgehead atoms. The fraction of sp³-hybridized carbons (Fsp3) is 0.737. The molecule has 1 aliphatic carbocycles. The van der Waals surface area contributed by atoms with E-state index in [1.165, 1.54) is 11.0 Å². The van der Waals surface area contributed by atoms with Crippen molar-refractivity contribution in [3.8, 4) is 0 Å². The van der Waals surface area contributed by atoms with Crippen molar-refractivity contribution < 1.29 is 4.79 Å². The summed E-state index contributed by atoms with van der Waals surface area (Å²) in [6.45, 7) is 5.15. The summed E-state index contributed by atoms with van der Waals surface area (Å²) in [7, 11) is 1.67. The van der Waals surface area contributed by atoms with Gasteiger partial charge in [0.25, 0.3) is 5.56 Å². The van der Waals surface area contributed by atoms with Crippen LogP contribution in [0.3, 0.4) is 0 Å². The summed E-state index contributed by atoms with van der Waals surface area (Å²) in [4.78, 5) is 43.1. The molecule has 1 aromatic heterocycles. The lowest BCUT2D eigenvalue weighted by molar-refractivity contribution is -0.132. The monoisotopic (exact) mass is 379 g/mol. The lowest BCUT2D eigenvalue weighted by atomic mass is 9.94. The van der Waals surface area contributed by atoms with Crippen LogP contribution in [0.4, 0.5) is 11.5 Å². The first-order chi connectivity index (χ1) is 12.9. The van der Waals surface area contributed by atoms with Crippen molar-refractivity contribution >= 4 is 17.4 Å². The van der Waals surface area contributed by atoms with Gasteiger partial charge in [-0.1, -0.05) is 32.6 Å². The first-order valence-corrected chi connectivity index (χ1v) is 10.0. The van der Waals surface area contributed by atoms with Crippen LogP contribution in [0.25, 0.3) is 0 Å². The molecule has 1 aromatic rings. The van der Waals surface area contributed by atoms with Gasteiger partial charge in [0.15, 0.2) is 0 Å². The van der Waals surface area contributed by atoms with Crippen molar-refractivity contribution in [3.63, 3.8) is 0 Å². The number of H-pyrrole nitrogens is 1. The molecule has 2 rings (SSSR count). The summed E-state index contributed by atoms with van der Waals surface area (Å²) in [5, 5.41) is 0. The van der Waals surface area contributed by atoms with E-state index in [-0.39, 0.29) is 30.0 Å². The molecule has 1 aliphatic rings. The molecule has 1 fully saturated rings. The van der Waals surface area contributed by atoms with E-state index in [0.29, 0.717) is 13.1 Å². The van der Waals surface area contributed by atoms with E-state index in [9.17, 15) is 14.4 Å². The van der Waals surface area contributed by atoms with E-state index in [0.717, 1.165) is 38.5 Å². The van der Waals surface area contributed by atoms with Crippen LogP contribution in [0.1, 0.15) is 58.8 Å². The minimum atomic E-state index is -0.554. The Labute approximate surface area is 160 Å². The highest BCUT2D eigenvalue weighted by Gasteiger charge is 2.26. The lowest BCUT2D eigenvalue weighted by Crippen LogP contribution is -2.47. The second-order valence-corrected chi connectivity index (χ2v) is 7.33. The maximum atomic E-state index is 12.9. The van der Waals surface area contributed by atoms with Gasteiger partial charge >= 0.3 is 5.69 Å². The van der Waals surface area contributed by atoms with Crippen molar-refractivity contribution in [2.45, 2.75) is 71.4 Å². The van der Waals surface area contributed by atoms with E-state index < -0.39 is 11.2 Å². The Morgan fingerprint density at radius 2 is 1.89 bits per heavy atom. The Bertz CT molecular complexity index is 749. The standard InChI is InChI=1S/C19H33N5O3/c1-4-6-12-24-17(20)16(18(26)21-19(24)27)22(3)13-15(25)23(5-2)14-10-8-7-9-11-14/h14H,4-13,20H2,1-3H3,(H,21,26,27). The zero-order valence-corrected chi connectivity index (χ0v) is 16.8. The number of aromatic amines is 1. The number of hydrogen-bond acceptors (Lipinski definition) is 5. The van der Waals surface area contributed by atoms with Gasteiger partial charge in [0.2, 0.25) is 5.91 Å². The maximum Gasteiger partial charge on any atom is 0.330 e. The number of amides is 1. The van der Waals surface area contributed by atoms with E-state index in [1.807, 2.05) is 18.7 Å². The number of nitrogens with one attached hydrogen (secondary N) is 1. The molecule has 8 nitrogen and oxygen atoms in total. The Kier molecular flexibility index (Phi) is 7.50. The van der Waals surface area contributed by atoms with Gasteiger partial charge in [-0.25, -0.2) is 4.79 Å². The molecule has 1 saturated carbocycles. The Balaban J connectivity index is 2.21. The van der Waals surface area contributed by atoms with Crippen molar-refractivity contribution in [2.24, 2.45) is 0 Å². The minimum absolute atomic E-state index is 0.0167. The molecular formula is C19H33N5O3. The van der Waals surface area contributed by atoms with Crippen molar-refractivity contribution in [2.75, 3.05) is 30.8 Å². The first-order valence-electron chi connectivity index (χ1n) is 10.0. The fourth-order valence-corrected chi connectivity index (χ4v) is 3.89. The highest BCUT2D eigenvalue weighted by molar-refractivity contribution is 5.82. The van der Waals surface area contributed by atoms with Crippen molar-refractivity contribution in [3.05, 3.63) is 20.8 Å². The maximum absolute atomic E-state index is 12.9. The minimum Gasteiger partial charge on any atom is -0.383 e. The Hall–Kier alpha value is -2.25. The van der Waals surface area contributed by atoms with E-state index in [4.69, 9.17) is 5.73 Å². The summed E-state index contributed by atoms with van der Waals surface area (Å²) in [5.41, 5.74) is 5.25. The van der Waals surface area contributed by atoms with Crippen LogP contribution in [0.15, 0.2) is 9.59 Å². The van der Waals surface area contributed by atoms with Crippen LogP contribution in [-0.2, 0) is 11.3 Å². The lowest BCUT2D eigenvalue weighted by Gasteiger charge is -2.35. The van der Waals surface area contributed by atoms with Gasteiger partial charge in [0.05, 0.1) is 6.54 Å². The van der Waals surface area contributed by atoms with Gasteiger partial charge in [-0.3, -0.25) is 19.1 Å². The highest BCUT2D eigenvalue weighted by atomic mass is 16.2. The zero-order valence-electron chi connectivity index (χ0n) is 16.8. The Morgan fingerprint density at radius 1 is 1.22 bits per heavy atom.